The number of nitrogens with one attached hydrogen (secondary N) is 2. The molecule has 1 atom stereocenters. The number of aromatic hydroxyl groups is 1. The number of carbonyl (C=O) groups excluding carboxylic acids is 1. The van der Waals surface area contributed by atoms with Crippen LogP contribution in [0, 0.1) is 5.92 Å². The Hall–Kier alpha value is -1.75. The molecule has 1 aromatic carbocycles. The molecule has 0 aromatic heterocycles. The van der Waals surface area contributed by atoms with Gasteiger partial charge in [0, 0.05) is 19.2 Å². The van der Waals surface area contributed by atoms with Crippen LogP contribution in [-0.4, -0.2) is 30.7 Å². The zero-order valence-electron chi connectivity index (χ0n) is 13.3. The Morgan fingerprint density at radius 1 is 1.38 bits per heavy atom. The molecule has 21 heavy (non-hydrogen) atoms. The molecule has 1 unspecified atom stereocenters. The van der Waals surface area contributed by atoms with Crippen LogP contribution in [0.25, 0.3) is 0 Å². The molecule has 118 valence electrons. The Morgan fingerprint density at radius 3 is 2.67 bits per heavy atom. The van der Waals surface area contributed by atoms with Crippen molar-refractivity contribution in [2.75, 3.05) is 13.7 Å². The lowest BCUT2D eigenvalue weighted by Gasteiger charge is -2.20. The van der Waals surface area contributed by atoms with Crippen molar-refractivity contribution < 1.29 is 14.6 Å². The van der Waals surface area contributed by atoms with Crippen LogP contribution in [0.4, 0.5) is 0 Å². The lowest BCUT2D eigenvalue weighted by Crippen LogP contribution is -2.43. The smallest absolute Gasteiger partial charge is 0.236 e. The Morgan fingerprint density at radius 2 is 2.10 bits per heavy atom. The van der Waals surface area contributed by atoms with E-state index in [9.17, 15) is 9.90 Å². The van der Waals surface area contributed by atoms with E-state index in [1.165, 1.54) is 0 Å². The van der Waals surface area contributed by atoms with E-state index >= 15 is 0 Å². The van der Waals surface area contributed by atoms with Crippen molar-refractivity contribution in [3.63, 3.8) is 0 Å². The summed E-state index contributed by atoms with van der Waals surface area (Å²) in [5.74, 6) is 0.969. The number of hydrogen-bond donors (Lipinski definition) is 3. The molecule has 0 fully saturated rings. The first-order valence-corrected chi connectivity index (χ1v) is 7.38. The van der Waals surface area contributed by atoms with Gasteiger partial charge in [-0.3, -0.25) is 4.79 Å². The topological polar surface area (TPSA) is 70.6 Å². The molecule has 1 amide bonds. The Bertz CT molecular complexity index is 461. The fourth-order valence-corrected chi connectivity index (χ4v) is 2.14. The van der Waals surface area contributed by atoms with E-state index in [4.69, 9.17) is 4.74 Å². The third-order valence-corrected chi connectivity index (χ3v) is 3.19. The van der Waals surface area contributed by atoms with Crippen LogP contribution < -0.4 is 15.4 Å². The third kappa shape index (κ3) is 5.27. The number of hydrogen-bond acceptors (Lipinski definition) is 4. The summed E-state index contributed by atoms with van der Waals surface area (Å²) >= 11 is 0. The maximum atomic E-state index is 11.9. The molecule has 0 aliphatic carbocycles. The monoisotopic (exact) mass is 294 g/mol. The summed E-state index contributed by atoms with van der Waals surface area (Å²) in [7, 11) is 1.63. The second-order valence-electron chi connectivity index (χ2n) is 5.37. The van der Waals surface area contributed by atoms with E-state index in [1.807, 2.05) is 19.1 Å². The van der Waals surface area contributed by atoms with E-state index in [0.29, 0.717) is 24.8 Å². The van der Waals surface area contributed by atoms with Crippen LogP contribution >= 0.6 is 0 Å². The zero-order valence-corrected chi connectivity index (χ0v) is 13.3. The number of phenolic OH excluding ortho intramolecular Hbond substituents is 1. The summed E-state index contributed by atoms with van der Waals surface area (Å²) in [6.07, 6.45) is 0.742. The van der Waals surface area contributed by atoms with Crippen molar-refractivity contribution in [1.82, 2.24) is 10.6 Å². The fourth-order valence-electron chi connectivity index (χ4n) is 2.14. The van der Waals surface area contributed by atoms with Crippen LogP contribution in [0.3, 0.4) is 0 Å². The second-order valence-corrected chi connectivity index (χ2v) is 5.37. The number of phenols is 1. The standard InChI is InChI=1S/C16H26N2O3/c1-5-21-14-8-6-7-12(15(14)19)10-18-13(9-11(2)3)16(20)17-4/h6-8,11,13,18-19H,5,9-10H2,1-4H3,(H,17,20). The molecule has 0 bridgehead atoms. The molecule has 3 N–H and O–H groups in total. The third-order valence-electron chi connectivity index (χ3n) is 3.19. The van der Waals surface area contributed by atoms with Gasteiger partial charge in [-0.15, -0.1) is 0 Å². The number of benzene rings is 1. The van der Waals surface area contributed by atoms with Gasteiger partial charge in [-0.1, -0.05) is 26.0 Å². The van der Waals surface area contributed by atoms with Crippen LogP contribution in [0.5, 0.6) is 11.5 Å². The van der Waals surface area contributed by atoms with Gasteiger partial charge in [-0.25, -0.2) is 0 Å². The number of para-hydroxylation sites is 1. The molecule has 0 spiro atoms. The Balaban J connectivity index is 2.75. The van der Waals surface area contributed by atoms with Crippen LogP contribution in [0.1, 0.15) is 32.8 Å². The van der Waals surface area contributed by atoms with E-state index in [1.54, 1.807) is 13.1 Å². The number of carbonyl (C=O) groups is 1. The van der Waals surface area contributed by atoms with Crippen molar-refractivity contribution in [3.8, 4) is 11.5 Å². The lowest BCUT2D eigenvalue weighted by atomic mass is 10.0. The maximum Gasteiger partial charge on any atom is 0.236 e. The molecule has 0 heterocycles. The summed E-state index contributed by atoms with van der Waals surface area (Å²) in [5.41, 5.74) is 0.721. The molecule has 1 rings (SSSR count). The largest absolute Gasteiger partial charge is 0.504 e. The minimum absolute atomic E-state index is 0.0378. The first-order valence-electron chi connectivity index (χ1n) is 7.38. The number of rotatable bonds is 8. The van der Waals surface area contributed by atoms with Crippen LogP contribution in [0.2, 0.25) is 0 Å². The van der Waals surface area contributed by atoms with Gasteiger partial charge in [0.1, 0.15) is 0 Å². The summed E-state index contributed by atoms with van der Waals surface area (Å²) in [6.45, 7) is 6.93. The number of amides is 1. The highest BCUT2D eigenvalue weighted by Crippen LogP contribution is 2.29. The van der Waals surface area contributed by atoms with E-state index in [0.717, 1.165) is 12.0 Å². The molecule has 0 saturated heterocycles. The minimum Gasteiger partial charge on any atom is -0.504 e. The normalized spacial score (nSPS) is 12.2. The highest BCUT2D eigenvalue weighted by Gasteiger charge is 2.18. The quantitative estimate of drug-likeness (QED) is 0.686. The summed E-state index contributed by atoms with van der Waals surface area (Å²) in [6, 6.07) is 5.11. The van der Waals surface area contributed by atoms with Crippen molar-refractivity contribution in [3.05, 3.63) is 23.8 Å². The lowest BCUT2D eigenvalue weighted by molar-refractivity contribution is -0.123. The zero-order chi connectivity index (χ0) is 15.8. The van der Waals surface area contributed by atoms with Gasteiger partial charge in [0.15, 0.2) is 11.5 Å². The summed E-state index contributed by atoms with van der Waals surface area (Å²) in [4.78, 5) is 11.9. The van der Waals surface area contributed by atoms with Crippen molar-refractivity contribution in [1.29, 1.82) is 0 Å². The van der Waals surface area contributed by atoms with Crippen molar-refractivity contribution in [2.45, 2.75) is 39.8 Å². The van der Waals surface area contributed by atoms with Gasteiger partial charge in [-0.05, 0) is 25.3 Å². The van der Waals surface area contributed by atoms with Crippen LogP contribution in [-0.2, 0) is 11.3 Å². The van der Waals surface area contributed by atoms with Gasteiger partial charge < -0.3 is 20.5 Å². The van der Waals surface area contributed by atoms with E-state index < -0.39 is 0 Å². The first kappa shape index (κ1) is 17.3. The Kier molecular flexibility index (Phi) is 7.02. The molecule has 0 aliphatic rings. The maximum absolute atomic E-state index is 11.9. The summed E-state index contributed by atoms with van der Waals surface area (Å²) < 4.78 is 5.36. The molecule has 5 nitrogen and oxygen atoms in total. The first-order chi connectivity index (χ1) is 9.99. The van der Waals surface area contributed by atoms with Crippen molar-refractivity contribution >= 4 is 5.91 Å². The molecular weight excluding hydrogens is 268 g/mol. The van der Waals surface area contributed by atoms with Gasteiger partial charge in [0.05, 0.1) is 12.6 Å². The highest BCUT2D eigenvalue weighted by molar-refractivity contribution is 5.81. The molecule has 0 aliphatic heterocycles. The highest BCUT2D eigenvalue weighted by atomic mass is 16.5. The fraction of sp³-hybridized carbons (Fsp3) is 0.562. The SMILES string of the molecule is CCOc1cccc(CNC(CC(C)C)C(=O)NC)c1O. The van der Waals surface area contributed by atoms with E-state index in [2.05, 4.69) is 24.5 Å². The van der Waals surface area contributed by atoms with Gasteiger partial charge >= 0.3 is 0 Å². The number of ether oxygens (including phenoxy) is 1. The Labute approximate surface area is 126 Å². The number of likely N-dealkylation sites (N-methyl/N-ethyl adjacent to an activating group) is 1. The molecular formula is C16H26N2O3. The summed E-state index contributed by atoms with van der Waals surface area (Å²) in [5, 5.41) is 16.0. The molecule has 0 saturated carbocycles. The minimum atomic E-state index is -0.273. The second kappa shape index (κ2) is 8.52. The van der Waals surface area contributed by atoms with Gasteiger partial charge in [-0.2, -0.15) is 0 Å². The average molecular weight is 294 g/mol. The van der Waals surface area contributed by atoms with E-state index in [-0.39, 0.29) is 17.7 Å². The predicted molar refractivity (Wildman–Crippen MR) is 83.4 cm³/mol. The van der Waals surface area contributed by atoms with Gasteiger partial charge in [0.2, 0.25) is 5.91 Å². The average Bonchev–Trinajstić information content (AvgIpc) is 2.45. The molecule has 0 radical (unpaired) electrons. The molecule has 1 aromatic rings. The van der Waals surface area contributed by atoms with Gasteiger partial charge in [0.25, 0.3) is 0 Å². The van der Waals surface area contributed by atoms with Crippen LogP contribution in [0.15, 0.2) is 18.2 Å². The molecule has 5 heteroatoms. The predicted octanol–water partition coefficient (Wildman–Crippen LogP) is 2.04. The van der Waals surface area contributed by atoms with Crippen molar-refractivity contribution in [2.24, 2.45) is 5.92 Å².